The minimum atomic E-state index is -0.697. The van der Waals surface area contributed by atoms with Crippen molar-refractivity contribution in [1.82, 2.24) is 20.6 Å². The van der Waals surface area contributed by atoms with Crippen LogP contribution in [0.15, 0.2) is 79.4 Å². The number of aromatic nitrogens is 2. The Hall–Kier alpha value is -3.54. The van der Waals surface area contributed by atoms with Crippen LogP contribution in [0.1, 0.15) is 21.5 Å². The summed E-state index contributed by atoms with van der Waals surface area (Å²) in [5, 5.41) is 5.68. The van der Waals surface area contributed by atoms with Gasteiger partial charge in [-0.1, -0.05) is 36.4 Å². The molecule has 1 unspecified atom stereocenters. The van der Waals surface area contributed by atoms with Gasteiger partial charge in [-0.05, 0) is 29.3 Å². The van der Waals surface area contributed by atoms with Gasteiger partial charge < -0.3 is 10.6 Å². The van der Waals surface area contributed by atoms with E-state index in [1.54, 1.807) is 30.7 Å². The second-order valence-electron chi connectivity index (χ2n) is 6.04. The molecule has 1 atom stereocenters. The van der Waals surface area contributed by atoms with Gasteiger partial charge in [0.05, 0.1) is 5.56 Å². The molecular formula is C21H20N4O2. The molecule has 3 rings (SSSR count). The van der Waals surface area contributed by atoms with Gasteiger partial charge >= 0.3 is 0 Å². The Balaban J connectivity index is 1.70. The van der Waals surface area contributed by atoms with E-state index >= 15 is 0 Å². The van der Waals surface area contributed by atoms with E-state index in [0.29, 0.717) is 18.5 Å². The quantitative estimate of drug-likeness (QED) is 0.676. The van der Waals surface area contributed by atoms with E-state index in [0.717, 1.165) is 11.1 Å². The number of rotatable bonds is 7. The normalized spacial score (nSPS) is 11.4. The average Bonchev–Trinajstić information content (AvgIpc) is 2.73. The van der Waals surface area contributed by atoms with Crippen molar-refractivity contribution in [3.05, 3.63) is 96.1 Å². The number of pyridine rings is 2. The van der Waals surface area contributed by atoms with Crippen LogP contribution in [-0.4, -0.2) is 27.8 Å². The van der Waals surface area contributed by atoms with E-state index in [9.17, 15) is 9.59 Å². The first-order valence-electron chi connectivity index (χ1n) is 8.64. The highest BCUT2D eigenvalue weighted by atomic mass is 16.2. The third-order valence-corrected chi connectivity index (χ3v) is 4.02. The van der Waals surface area contributed by atoms with E-state index < -0.39 is 6.04 Å². The molecule has 3 aromatic rings. The lowest BCUT2D eigenvalue weighted by atomic mass is 10.0. The summed E-state index contributed by atoms with van der Waals surface area (Å²) in [5.41, 5.74) is 2.27. The maximum atomic E-state index is 12.7. The van der Waals surface area contributed by atoms with Gasteiger partial charge in [-0.3, -0.25) is 19.6 Å². The minimum Gasteiger partial charge on any atom is -0.350 e. The molecule has 2 heterocycles. The molecule has 1 aromatic carbocycles. The van der Waals surface area contributed by atoms with Gasteiger partial charge in [0.15, 0.2) is 0 Å². The molecule has 136 valence electrons. The standard InChI is InChI=1S/C21H20N4O2/c26-20(18-9-5-11-23-15-18)25-19(12-16-6-2-1-3-7-16)21(27)24-14-17-8-4-10-22-13-17/h1-11,13,15,19H,12,14H2,(H,24,27)(H,25,26). The number of carbonyl (C=O) groups is 2. The third-order valence-electron chi connectivity index (χ3n) is 4.02. The SMILES string of the molecule is O=C(NC(Cc1ccccc1)C(=O)NCc1cccnc1)c1cccnc1. The molecular weight excluding hydrogens is 340 g/mol. The lowest BCUT2D eigenvalue weighted by molar-refractivity contribution is -0.123. The highest BCUT2D eigenvalue weighted by Crippen LogP contribution is 2.06. The van der Waals surface area contributed by atoms with Crippen LogP contribution < -0.4 is 10.6 Å². The topological polar surface area (TPSA) is 84.0 Å². The van der Waals surface area contributed by atoms with Crippen LogP contribution in [0.25, 0.3) is 0 Å². The van der Waals surface area contributed by atoms with E-state index in [-0.39, 0.29) is 11.8 Å². The van der Waals surface area contributed by atoms with Crippen molar-refractivity contribution in [2.45, 2.75) is 19.0 Å². The van der Waals surface area contributed by atoms with E-state index in [1.165, 1.54) is 6.20 Å². The fourth-order valence-corrected chi connectivity index (χ4v) is 2.61. The number of amides is 2. The first-order chi connectivity index (χ1) is 13.2. The van der Waals surface area contributed by atoms with Crippen LogP contribution in [0.4, 0.5) is 0 Å². The molecule has 0 aliphatic carbocycles. The molecule has 0 saturated carbocycles. The Labute approximate surface area is 157 Å². The summed E-state index contributed by atoms with van der Waals surface area (Å²) in [4.78, 5) is 33.2. The Morgan fingerprint density at radius 1 is 0.852 bits per heavy atom. The maximum Gasteiger partial charge on any atom is 0.253 e. The van der Waals surface area contributed by atoms with Crippen LogP contribution in [0, 0.1) is 0 Å². The highest BCUT2D eigenvalue weighted by Gasteiger charge is 2.22. The van der Waals surface area contributed by atoms with E-state index in [1.807, 2.05) is 42.5 Å². The zero-order valence-electron chi connectivity index (χ0n) is 14.7. The number of nitrogens with zero attached hydrogens (tertiary/aromatic N) is 2. The Morgan fingerprint density at radius 3 is 2.22 bits per heavy atom. The number of nitrogens with one attached hydrogen (secondary N) is 2. The highest BCUT2D eigenvalue weighted by molar-refractivity contribution is 5.97. The molecule has 6 nitrogen and oxygen atoms in total. The van der Waals surface area contributed by atoms with Gasteiger partial charge in [-0.25, -0.2) is 0 Å². The smallest absolute Gasteiger partial charge is 0.253 e. The van der Waals surface area contributed by atoms with Crippen molar-refractivity contribution in [3.8, 4) is 0 Å². The van der Waals surface area contributed by atoms with Crippen molar-refractivity contribution in [3.63, 3.8) is 0 Å². The van der Waals surface area contributed by atoms with Gasteiger partial charge in [-0.15, -0.1) is 0 Å². The van der Waals surface area contributed by atoms with E-state index in [2.05, 4.69) is 20.6 Å². The molecule has 0 radical (unpaired) electrons. The summed E-state index contributed by atoms with van der Waals surface area (Å²) >= 11 is 0. The largest absolute Gasteiger partial charge is 0.350 e. The molecule has 0 bridgehead atoms. The summed E-state index contributed by atoms with van der Waals surface area (Å²) in [6.07, 6.45) is 6.84. The lowest BCUT2D eigenvalue weighted by Gasteiger charge is -2.19. The van der Waals surface area contributed by atoms with Crippen LogP contribution in [0.2, 0.25) is 0 Å². The monoisotopic (exact) mass is 360 g/mol. The molecule has 0 spiro atoms. The van der Waals surface area contributed by atoms with Gasteiger partial charge in [0.2, 0.25) is 5.91 Å². The Morgan fingerprint density at radius 2 is 1.56 bits per heavy atom. The van der Waals surface area contributed by atoms with Crippen molar-refractivity contribution in [2.75, 3.05) is 0 Å². The summed E-state index contributed by atoms with van der Waals surface area (Å²) in [6, 6.07) is 15.9. The van der Waals surface area contributed by atoms with Crippen molar-refractivity contribution in [1.29, 1.82) is 0 Å². The fraction of sp³-hybridized carbons (Fsp3) is 0.143. The predicted octanol–water partition coefficient (Wildman–Crippen LogP) is 2.13. The van der Waals surface area contributed by atoms with Crippen LogP contribution in [0.5, 0.6) is 0 Å². The van der Waals surface area contributed by atoms with Crippen molar-refractivity contribution >= 4 is 11.8 Å². The number of hydrogen-bond acceptors (Lipinski definition) is 4. The number of carbonyl (C=O) groups excluding carboxylic acids is 2. The average molecular weight is 360 g/mol. The zero-order chi connectivity index (χ0) is 18.9. The summed E-state index contributed by atoms with van der Waals surface area (Å²) in [6.45, 7) is 0.348. The van der Waals surface area contributed by atoms with E-state index in [4.69, 9.17) is 0 Å². The molecule has 2 N–H and O–H groups in total. The van der Waals surface area contributed by atoms with Crippen LogP contribution in [-0.2, 0) is 17.8 Å². The van der Waals surface area contributed by atoms with Crippen molar-refractivity contribution < 1.29 is 9.59 Å². The van der Waals surface area contributed by atoms with Crippen LogP contribution >= 0.6 is 0 Å². The first kappa shape index (κ1) is 18.3. The number of benzene rings is 1. The van der Waals surface area contributed by atoms with Gasteiger partial charge in [0.25, 0.3) is 5.91 Å². The zero-order valence-corrected chi connectivity index (χ0v) is 14.7. The summed E-state index contributed by atoms with van der Waals surface area (Å²) in [7, 11) is 0. The minimum absolute atomic E-state index is 0.250. The molecule has 0 aliphatic heterocycles. The maximum absolute atomic E-state index is 12.7. The molecule has 2 aromatic heterocycles. The molecule has 0 saturated heterocycles. The third kappa shape index (κ3) is 5.47. The Kier molecular flexibility index (Phi) is 6.25. The summed E-state index contributed by atoms with van der Waals surface area (Å²) in [5.74, 6) is -0.583. The molecule has 0 fully saturated rings. The molecule has 2 amide bonds. The summed E-state index contributed by atoms with van der Waals surface area (Å²) < 4.78 is 0. The Bertz CT molecular complexity index is 870. The second-order valence-corrected chi connectivity index (χ2v) is 6.04. The molecule has 0 aliphatic rings. The number of hydrogen-bond donors (Lipinski definition) is 2. The van der Waals surface area contributed by atoms with Crippen LogP contribution in [0.3, 0.4) is 0 Å². The van der Waals surface area contributed by atoms with Gasteiger partial charge in [0, 0.05) is 37.8 Å². The predicted molar refractivity (Wildman–Crippen MR) is 102 cm³/mol. The molecule has 6 heteroatoms. The lowest BCUT2D eigenvalue weighted by Crippen LogP contribution is -2.47. The van der Waals surface area contributed by atoms with Gasteiger partial charge in [-0.2, -0.15) is 0 Å². The molecule has 27 heavy (non-hydrogen) atoms. The fourth-order valence-electron chi connectivity index (χ4n) is 2.61. The van der Waals surface area contributed by atoms with Crippen molar-refractivity contribution in [2.24, 2.45) is 0 Å². The second kappa shape index (κ2) is 9.24. The van der Waals surface area contributed by atoms with Gasteiger partial charge in [0.1, 0.15) is 6.04 Å². The first-order valence-corrected chi connectivity index (χ1v) is 8.64.